The second-order valence-corrected chi connectivity index (χ2v) is 8.39. The van der Waals surface area contributed by atoms with Crippen molar-refractivity contribution in [2.45, 2.75) is 38.8 Å². The lowest BCUT2D eigenvalue weighted by Crippen LogP contribution is -2.36. The Bertz CT molecular complexity index is 1160. The van der Waals surface area contributed by atoms with Crippen LogP contribution in [0.4, 0.5) is 0 Å². The van der Waals surface area contributed by atoms with Crippen molar-refractivity contribution in [3.63, 3.8) is 0 Å². The summed E-state index contributed by atoms with van der Waals surface area (Å²) in [5, 5.41) is 0.917. The number of carbonyl (C=O) groups excluding carboxylic acids is 1. The van der Waals surface area contributed by atoms with E-state index in [-0.39, 0.29) is 12.0 Å². The van der Waals surface area contributed by atoms with Gasteiger partial charge in [-0.25, -0.2) is 4.98 Å². The fraction of sp³-hybridized carbons (Fsp3) is 0.407. The highest BCUT2D eigenvalue weighted by Crippen LogP contribution is 2.35. The molecule has 1 fully saturated rings. The minimum atomic E-state index is 0.0774. The minimum Gasteiger partial charge on any atom is -0.497 e. The van der Waals surface area contributed by atoms with E-state index >= 15 is 0 Å². The average molecular weight is 465 g/mol. The lowest BCUT2D eigenvalue weighted by Gasteiger charge is -2.26. The van der Waals surface area contributed by atoms with Crippen molar-refractivity contribution in [3.05, 3.63) is 48.0 Å². The molecular formula is C27H32N2O5. The van der Waals surface area contributed by atoms with Crippen LogP contribution in [0.3, 0.4) is 0 Å². The number of rotatable bonds is 9. The maximum atomic E-state index is 12.9. The molecule has 0 N–H and O–H groups in total. The highest BCUT2D eigenvalue weighted by Gasteiger charge is 2.24. The first-order valence-electron chi connectivity index (χ1n) is 11.7. The van der Waals surface area contributed by atoms with Gasteiger partial charge in [-0.05, 0) is 42.7 Å². The largest absolute Gasteiger partial charge is 0.497 e. The summed E-state index contributed by atoms with van der Waals surface area (Å²) < 4.78 is 22.3. The van der Waals surface area contributed by atoms with Crippen LogP contribution in [0.5, 0.6) is 17.2 Å². The summed E-state index contributed by atoms with van der Waals surface area (Å²) in [6, 6.07) is 13.7. The smallest absolute Gasteiger partial charge is 0.222 e. The summed E-state index contributed by atoms with van der Waals surface area (Å²) in [5.74, 6) is 2.10. The lowest BCUT2D eigenvalue weighted by atomic mass is 10.0. The standard InChI is InChI=1S/C27H32N2O5/c1-5-26(30)29(17-22-10-7-11-34-22)16-20-12-19-14-24(32-3)25(33-4)15-23(19)28-27(20)18-8-6-9-21(13-18)31-2/h6,8-9,12-15,22H,5,7,10-11,16-17H2,1-4H3. The zero-order valence-electron chi connectivity index (χ0n) is 20.3. The van der Waals surface area contributed by atoms with Crippen LogP contribution in [-0.4, -0.2) is 56.4 Å². The van der Waals surface area contributed by atoms with Gasteiger partial charge in [-0.1, -0.05) is 19.1 Å². The zero-order chi connectivity index (χ0) is 24.1. The minimum absolute atomic E-state index is 0.0774. The predicted octanol–water partition coefficient (Wildman–Crippen LogP) is 4.85. The van der Waals surface area contributed by atoms with Gasteiger partial charge in [0.1, 0.15) is 5.75 Å². The van der Waals surface area contributed by atoms with Crippen LogP contribution in [0.1, 0.15) is 31.7 Å². The topological polar surface area (TPSA) is 70.1 Å². The van der Waals surface area contributed by atoms with E-state index < -0.39 is 0 Å². The van der Waals surface area contributed by atoms with Crippen molar-refractivity contribution in [2.75, 3.05) is 34.5 Å². The molecule has 1 aromatic heterocycles. The second-order valence-electron chi connectivity index (χ2n) is 8.39. The highest BCUT2D eigenvalue weighted by molar-refractivity contribution is 5.87. The molecule has 1 aliphatic rings. The van der Waals surface area contributed by atoms with E-state index in [9.17, 15) is 4.79 Å². The second kappa shape index (κ2) is 10.7. The third kappa shape index (κ3) is 5.09. The van der Waals surface area contributed by atoms with Crippen molar-refractivity contribution < 1.29 is 23.7 Å². The number of ether oxygens (including phenoxy) is 4. The molecule has 0 spiro atoms. The monoisotopic (exact) mass is 464 g/mol. The van der Waals surface area contributed by atoms with E-state index in [0.29, 0.717) is 31.0 Å². The number of carbonyl (C=O) groups is 1. The van der Waals surface area contributed by atoms with Gasteiger partial charge in [0.2, 0.25) is 5.91 Å². The Morgan fingerprint density at radius 3 is 2.56 bits per heavy atom. The Kier molecular flexibility index (Phi) is 7.53. The van der Waals surface area contributed by atoms with Gasteiger partial charge in [-0.15, -0.1) is 0 Å². The van der Waals surface area contributed by atoms with Crippen LogP contribution in [0.15, 0.2) is 42.5 Å². The molecule has 1 aliphatic heterocycles. The summed E-state index contributed by atoms with van der Waals surface area (Å²) in [6.07, 6.45) is 2.53. The summed E-state index contributed by atoms with van der Waals surface area (Å²) in [4.78, 5) is 19.8. The summed E-state index contributed by atoms with van der Waals surface area (Å²) >= 11 is 0. The van der Waals surface area contributed by atoms with E-state index in [1.807, 2.05) is 48.2 Å². The number of benzene rings is 2. The number of nitrogens with zero attached hydrogens (tertiary/aromatic N) is 2. The van der Waals surface area contributed by atoms with Gasteiger partial charge in [0, 0.05) is 43.1 Å². The van der Waals surface area contributed by atoms with Crippen molar-refractivity contribution in [3.8, 4) is 28.5 Å². The maximum Gasteiger partial charge on any atom is 0.222 e. The zero-order valence-corrected chi connectivity index (χ0v) is 20.3. The van der Waals surface area contributed by atoms with Crippen LogP contribution in [-0.2, 0) is 16.1 Å². The van der Waals surface area contributed by atoms with Gasteiger partial charge >= 0.3 is 0 Å². The molecule has 1 amide bonds. The number of fused-ring (bicyclic) bond motifs is 1. The molecule has 0 radical (unpaired) electrons. The number of methoxy groups -OCH3 is 3. The van der Waals surface area contributed by atoms with Crippen molar-refractivity contribution >= 4 is 16.8 Å². The number of pyridine rings is 1. The quantitative estimate of drug-likeness (QED) is 0.451. The summed E-state index contributed by atoms with van der Waals surface area (Å²) in [6.45, 7) is 3.67. The molecule has 1 saturated heterocycles. The van der Waals surface area contributed by atoms with Crippen molar-refractivity contribution in [1.29, 1.82) is 0 Å². The normalized spacial score (nSPS) is 15.4. The molecular weight excluding hydrogens is 432 g/mol. The van der Waals surface area contributed by atoms with Gasteiger partial charge in [-0.2, -0.15) is 0 Å². The van der Waals surface area contributed by atoms with Gasteiger partial charge in [0.05, 0.1) is 38.6 Å². The molecule has 34 heavy (non-hydrogen) atoms. The molecule has 0 aliphatic carbocycles. The molecule has 3 aromatic rings. The third-order valence-electron chi connectivity index (χ3n) is 6.21. The van der Waals surface area contributed by atoms with E-state index in [1.54, 1.807) is 21.3 Å². The molecule has 0 bridgehead atoms. The Morgan fingerprint density at radius 2 is 1.88 bits per heavy atom. The molecule has 2 heterocycles. The van der Waals surface area contributed by atoms with Crippen LogP contribution in [0, 0.1) is 0 Å². The Labute approximate surface area is 200 Å². The average Bonchev–Trinajstić information content (AvgIpc) is 3.39. The first kappa shape index (κ1) is 23.8. The van der Waals surface area contributed by atoms with Crippen LogP contribution in [0.25, 0.3) is 22.2 Å². The molecule has 1 atom stereocenters. The van der Waals surface area contributed by atoms with Crippen LogP contribution < -0.4 is 14.2 Å². The highest BCUT2D eigenvalue weighted by atomic mass is 16.5. The van der Waals surface area contributed by atoms with E-state index in [2.05, 4.69) is 6.07 Å². The third-order valence-corrected chi connectivity index (χ3v) is 6.21. The van der Waals surface area contributed by atoms with E-state index in [4.69, 9.17) is 23.9 Å². The maximum absolute atomic E-state index is 12.9. The molecule has 2 aromatic carbocycles. The van der Waals surface area contributed by atoms with E-state index in [1.165, 1.54) is 0 Å². The molecule has 180 valence electrons. The Balaban J connectivity index is 1.83. The van der Waals surface area contributed by atoms with Gasteiger partial charge in [-0.3, -0.25) is 4.79 Å². The fourth-order valence-corrected chi connectivity index (χ4v) is 4.40. The first-order valence-corrected chi connectivity index (χ1v) is 11.7. The fourth-order valence-electron chi connectivity index (χ4n) is 4.40. The van der Waals surface area contributed by atoms with Gasteiger partial charge in [0.15, 0.2) is 11.5 Å². The van der Waals surface area contributed by atoms with Gasteiger partial charge in [0.25, 0.3) is 0 Å². The number of amides is 1. The van der Waals surface area contributed by atoms with E-state index in [0.717, 1.165) is 52.9 Å². The number of hydrogen-bond acceptors (Lipinski definition) is 6. The first-order chi connectivity index (χ1) is 16.6. The molecule has 0 saturated carbocycles. The van der Waals surface area contributed by atoms with Crippen molar-refractivity contribution in [2.24, 2.45) is 0 Å². The SMILES string of the molecule is CCC(=O)N(Cc1cc2cc(OC)c(OC)cc2nc1-c1cccc(OC)c1)CC1CCCO1. The predicted molar refractivity (Wildman–Crippen MR) is 132 cm³/mol. The lowest BCUT2D eigenvalue weighted by molar-refractivity contribution is -0.133. The van der Waals surface area contributed by atoms with Crippen LogP contribution >= 0.6 is 0 Å². The summed E-state index contributed by atoms with van der Waals surface area (Å²) in [7, 11) is 4.88. The Morgan fingerprint density at radius 1 is 1.09 bits per heavy atom. The van der Waals surface area contributed by atoms with Crippen LogP contribution in [0.2, 0.25) is 0 Å². The van der Waals surface area contributed by atoms with Gasteiger partial charge < -0.3 is 23.8 Å². The molecule has 7 heteroatoms. The summed E-state index contributed by atoms with van der Waals surface area (Å²) in [5.41, 5.74) is 3.46. The Hall–Kier alpha value is -3.32. The van der Waals surface area contributed by atoms with Crippen molar-refractivity contribution in [1.82, 2.24) is 9.88 Å². The molecule has 1 unspecified atom stereocenters. The number of aromatic nitrogens is 1. The number of hydrogen-bond donors (Lipinski definition) is 0. The molecule has 7 nitrogen and oxygen atoms in total. The molecule has 4 rings (SSSR count).